The molecular formula is C17H22N2O3. The highest BCUT2D eigenvalue weighted by Crippen LogP contribution is 2.20. The number of rotatable bonds is 5. The van der Waals surface area contributed by atoms with Crippen LogP contribution in [0.4, 0.5) is 0 Å². The average Bonchev–Trinajstić information content (AvgIpc) is 2.51. The number of nitrogens with one attached hydrogen (secondary N) is 1. The number of carbonyl (C=O) groups is 1. The summed E-state index contributed by atoms with van der Waals surface area (Å²) in [7, 11) is 0. The number of aromatic amines is 1. The van der Waals surface area contributed by atoms with Crippen LogP contribution in [0.25, 0.3) is 10.9 Å². The minimum atomic E-state index is -0.187. The van der Waals surface area contributed by atoms with Gasteiger partial charge in [-0.15, -0.1) is 0 Å². The largest absolute Gasteiger partial charge is 0.395 e. The quantitative estimate of drug-likeness (QED) is 0.885. The lowest BCUT2D eigenvalue weighted by atomic mass is 10.0. The van der Waals surface area contributed by atoms with Gasteiger partial charge in [0, 0.05) is 23.9 Å². The van der Waals surface area contributed by atoms with E-state index < -0.39 is 0 Å². The van der Waals surface area contributed by atoms with Crippen LogP contribution in [0.5, 0.6) is 0 Å². The van der Waals surface area contributed by atoms with Gasteiger partial charge in [-0.3, -0.25) is 9.59 Å². The van der Waals surface area contributed by atoms with Crippen LogP contribution in [0, 0.1) is 13.8 Å². The van der Waals surface area contributed by atoms with Crippen LogP contribution in [-0.4, -0.2) is 34.0 Å². The summed E-state index contributed by atoms with van der Waals surface area (Å²) in [6, 6.07) is 5.85. The van der Waals surface area contributed by atoms with Gasteiger partial charge in [0.2, 0.25) is 5.91 Å². The van der Waals surface area contributed by atoms with E-state index in [4.69, 9.17) is 5.11 Å². The first kappa shape index (κ1) is 16.2. The number of hydrogen-bond donors (Lipinski definition) is 2. The predicted octanol–water partition coefficient (Wildman–Crippen LogP) is 1.88. The van der Waals surface area contributed by atoms with Crippen molar-refractivity contribution in [2.45, 2.75) is 33.7 Å². The van der Waals surface area contributed by atoms with E-state index in [0.717, 1.165) is 22.0 Å². The van der Waals surface area contributed by atoms with E-state index in [9.17, 15) is 9.59 Å². The van der Waals surface area contributed by atoms with E-state index in [2.05, 4.69) is 4.98 Å². The zero-order valence-electron chi connectivity index (χ0n) is 13.3. The van der Waals surface area contributed by atoms with Crippen molar-refractivity contribution in [3.05, 3.63) is 45.2 Å². The zero-order valence-corrected chi connectivity index (χ0v) is 13.3. The molecule has 1 amide bonds. The Hall–Kier alpha value is -2.14. The van der Waals surface area contributed by atoms with Crippen molar-refractivity contribution in [2.75, 3.05) is 13.2 Å². The second-order valence-electron chi connectivity index (χ2n) is 5.50. The number of fused-ring (bicyclic) bond motifs is 1. The molecule has 22 heavy (non-hydrogen) atoms. The van der Waals surface area contributed by atoms with Crippen LogP contribution in [0.2, 0.25) is 0 Å². The van der Waals surface area contributed by atoms with Gasteiger partial charge < -0.3 is 15.0 Å². The third-order valence-corrected chi connectivity index (χ3v) is 3.91. The molecule has 1 aromatic carbocycles. The first-order chi connectivity index (χ1) is 10.5. The van der Waals surface area contributed by atoms with Gasteiger partial charge in [0.05, 0.1) is 18.7 Å². The molecule has 0 unspecified atom stereocenters. The number of H-pyrrole nitrogens is 1. The number of hydrogen-bond acceptors (Lipinski definition) is 3. The monoisotopic (exact) mass is 302 g/mol. The Morgan fingerprint density at radius 2 is 1.95 bits per heavy atom. The van der Waals surface area contributed by atoms with Crippen LogP contribution in [0.1, 0.15) is 30.0 Å². The maximum absolute atomic E-state index is 12.3. The van der Waals surface area contributed by atoms with Crippen molar-refractivity contribution in [2.24, 2.45) is 0 Å². The topological polar surface area (TPSA) is 73.4 Å². The summed E-state index contributed by atoms with van der Waals surface area (Å²) in [6.07, 6.45) is 0.351. The van der Waals surface area contributed by atoms with Crippen molar-refractivity contribution in [1.29, 1.82) is 0 Å². The van der Waals surface area contributed by atoms with Crippen molar-refractivity contribution in [3.8, 4) is 0 Å². The predicted molar refractivity (Wildman–Crippen MR) is 86.8 cm³/mol. The third kappa shape index (κ3) is 3.20. The van der Waals surface area contributed by atoms with Crippen molar-refractivity contribution in [1.82, 2.24) is 9.88 Å². The van der Waals surface area contributed by atoms with Gasteiger partial charge in [-0.2, -0.15) is 0 Å². The first-order valence-electron chi connectivity index (χ1n) is 7.48. The molecular weight excluding hydrogens is 280 g/mol. The number of carbonyl (C=O) groups excluding carboxylic acids is 1. The van der Waals surface area contributed by atoms with E-state index in [0.29, 0.717) is 12.0 Å². The Morgan fingerprint density at radius 3 is 2.59 bits per heavy atom. The fourth-order valence-corrected chi connectivity index (χ4v) is 2.58. The number of aliphatic hydroxyl groups is 1. The van der Waals surface area contributed by atoms with Gasteiger partial charge >= 0.3 is 0 Å². The molecule has 0 bridgehead atoms. The van der Waals surface area contributed by atoms with Crippen molar-refractivity contribution in [3.63, 3.8) is 0 Å². The fourth-order valence-electron chi connectivity index (χ4n) is 2.58. The molecule has 2 aromatic rings. The lowest BCUT2D eigenvalue weighted by molar-refractivity contribution is -0.132. The molecule has 0 radical (unpaired) electrons. The molecule has 2 N–H and O–H groups in total. The van der Waals surface area contributed by atoms with E-state index in [1.165, 1.54) is 4.90 Å². The highest BCUT2D eigenvalue weighted by atomic mass is 16.3. The number of aliphatic hydroxyl groups excluding tert-OH is 1. The van der Waals surface area contributed by atoms with Crippen LogP contribution >= 0.6 is 0 Å². The molecule has 2 rings (SSSR count). The lowest BCUT2D eigenvalue weighted by Gasteiger charge is -2.21. The fraction of sp³-hybridized carbons (Fsp3) is 0.412. The maximum atomic E-state index is 12.3. The molecule has 0 aliphatic carbocycles. The molecule has 0 saturated heterocycles. The summed E-state index contributed by atoms with van der Waals surface area (Å²) < 4.78 is 0. The van der Waals surface area contributed by atoms with Crippen LogP contribution < -0.4 is 5.56 Å². The van der Waals surface area contributed by atoms with E-state index in [1.54, 1.807) is 6.92 Å². The lowest BCUT2D eigenvalue weighted by Crippen LogP contribution is -2.34. The Bertz CT molecular complexity index is 749. The molecule has 0 saturated carbocycles. The summed E-state index contributed by atoms with van der Waals surface area (Å²) >= 11 is 0. The Balaban J connectivity index is 2.47. The Labute approximate surface area is 129 Å². The molecule has 5 nitrogen and oxygen atoms in total. The summed E-state index contributed by atoms with van der Waals surface area (Å²) in [5.74, 6) is -0.0745. The van der Waals surface area contributed by atoms with Crippen molar-refractivity contribution < 1.29 is 9.90 Å². The number of benzene rings is 1. The van der Waals surface area contributed by atoms with Crippen molar-refractivity contribution >= 4 is 16.8 Å². The molecule has 0 fully saturated rings. The second kappa shape index (κ2) is 6.75. The zero-order chi connectivity index (χ0) is 16.3. The highest BCUT2D eigenvalue weighted by Gasteiger charge is 2.14. The first-order valence-corrected chi connectivity index (χ1v) is 7.48. The van der Waals surface area contributed by atoms with Gasteiger partial charge in [-0.05, 0) is 31.0 Å². The summed E-state index contributed by atoms with van der Waals surface area (Å²) in [5, 5.41) is 10.1. The summed E-state index contributed by atoms with van der Waals surface area (Å²) in [5.41, 5.74) is 3.28. The molecule has 1 aromatic heterocycles. The second-order valence-corrected chi connectivity index (χ2v) is 5.50. The minimum Gasteiger partial charge on any atom is -0.395 e. The molecule has 5 heteroatoms. The molecule has 1 heterocycles. The molecule has 0 atom stereocenters. The van der Waals surface area contributed by atoms with Gasteiger partial charge in [-0.25, -0.2) is 0 Å². The average molecular weight is 302 g/mol. The number of pyridine rings is 1. The van der Waals surface area contributed by atoms with Gasteiger partial charge in [0.15, 0.2) is 0 Å². The molecule has 0 aliphatic rings. The third-order valence-electron chi connectivity index (χ3n) is 3.91. The minimum absolute atomic E-state index is 0.0745. The van der Waals surface area contributed by atoms with Crippen LogP contribution in [0.15, 0.2) is 23.0 Å². The normalized spacial score (nSPS) is 10.9. The summed E-state index contributed by atoms with van der Waals surface area (Å²) in [4.78, 5) is 28.6. The number of aromatic nitrogens is 1. The molecule has 0 aliphatic heterocycles. The van der Waals surface area contributed by atoms with Gasteiger partial charge in [0.1, 0.15) is 0 Å². The van der Waals surface area contributed by atoms with E-state index in [1.807, 2.05) is 32.0 Å². The van der Waals surface area contributed by atoms with E-state index in [-0.39, 0.29) is 31.2 Å². The SMILES string of the molecule is CCC(=O)N(CCO)Cc1cc2c(C)ccc(C)c2[nH]c1=O. The van der Waals surface area contributed by atoms with Gasteiger partial charge in [-0.1, -0.05) is 19.1 Å². The Morgan fingerprint density at radius 1 is 1.27 bits per heavy atom. The standard InChI is InChI=1S/C17H22N2O3/c1-4-15(21)19(7-8-20)10-13-9-14-11(2)5-6-12(3)16(14)18-17(13)22/h5-6,9,20H,4,7-8,10H2,1-3H3,(H,18,22). The Kier molecular flexibility index (Phi) is 4.98. The van der Waals surface area contributed by atoms with Gasteiger partial charge in [0.25, 0.3) is 5.56 Å². The van der Waals surface area contributed by atoms with Crippen LogP contribution in [-0.2, 0) is 11.3 Å². The van der Waals surface area contributed by atoms with Crippen LogP contribution in [0.3, 0.4) is 0 Å². The highest BCUT2D eigenvalue weighted by molar-refractivity contribution is 5.85. The maximum Gasteiger partial charge on any atom is 0.253 e. The summed E-state index contributed by atoms with van der Waals surface area (Å²) in [6.45, 7) is 6.05. The van der Waals surface area contributed by atoms with E-state index >= 15 is 0 Å². The number of amides is 1. The number of nitrogens with zero attached hydrogens (tertiary/aromatic N) is 1. The molecule has 0 spiro atoms. The number of aryl methyl sites for hydroxylation is 2. The smallest absolute Gasteiger partial charge is 0.253 e. The molecule has 118 valence electrons.